The van der Waals surface area contributed by atoms with E-state index in [4.69, 9.17) is 5.73 Å². The summed E-state index contributed by atoms with van der Waals surface area (Å²) < 4.78 is 36.3. The fourth-order valence-electron chi connectivity index (χ4n) is 2.78. The summed E-state index contributed by atoms with van der Waals surface area (Å²) in [5.41, 5.74) is 5.84. The molecule has 1 heterocycles. The maximum Gasteiger partial charge on any atom is 0.401 e. The molecule has 2 aliphatic rings. The number of nitrogens with zero attached hydrogens (tertiary/aromatic N) is 1. The molecule has 2 nitrogen and oxygen atoms in total. The number of hydrogen-bond donors (Lipinski definition) is 1. The Morgan fingerprint density at radius 2 is 1.87 bits per heavy atom. The number of halogens is 4. The molecule has 0 aromatic rings. The summed E-state index contributed by atoms with van der Waals surface area (Å²) in [7, 11) is 0. The predicted octanol–water partition coefficient (Wildman–Crippen LogP) is 1.64. The van der Waals surface area contributed by atoms with Crippen LogP contribution in [0, 0.1) is 11.8 Å². The lowest BCUT2D eigenvalue weighted by Crippen LogP contribution is -2.35. The highest BCUT2D eigenvalue weighted by Crippen LogP contribution is 2.37. The van der Waals surface area contributed by atoms with E-state index in [1.54, 1.807) is 0 Å². The first-order chi connectivity index (χ1) is 6.46. The van der Waals surface area contributed by atoms with Crippen LogP contribution < -0.4 is 5.73 Å². The van der Waals surface area contributed by atoms with Gasteiger partial charge in [-0.25, -0.2) is 0 Å². The van der Waals surface area contributed by atoms with Crippen LogP contribution in [0.5, 0.6) is 0 Å². The zero-order valence-electron chi connectivity index (χ0n) is 8.33. The fourth-order valence-corrected chi connectivity index (χ4v) is 2.78. The molecular formula is C9H16ClF3N2. The number of rotatable bonds is 1. The van der Waals surface area contributed by atoms with Crippen LogP contribution in [-0.2, 0) is 0 Å². The Hall–Kier alpha value is -0.0000000000000000555. The third-order valence-corrected chi connectivity index (χ3v) is 3.39. The minimum absolute atomic E-state index is 0. The first-order valence-electron chi connectivity index (χ1n) is 5.00. The standard InChI is InChI=1S/C9H15F3N2.ClH/c10-9(11,12)5-14-3-6-1-2-8(13)7(6)4-14;/h6-8H,1-5,13H2;1H/t6-,7+,8?;/m0./s1. The van der Waals surface area contributed by atoms with Crippen molar-refractivity contribution >= 4 is 12.4 Å². The molecule has 0 spiro atoms. The van der Waals surface area contributed by atoms with Gasteiger partial charge >= 0.3 is 6.18 Å². The third-order valence-electron chi connectivity index (χ3n) is 3.39. The Kier molecular flexibility index (Phi) is 3.90. The Balaban J connectivity index is 0.00000112. The van der Waals surface area contributed by atoms with Crippen molar-refractivity contribution in [2.75, 3.05) is 19.6 Å². The number of likely N-dealkylation sites (tertiary alicyclic amines) is 1. The van der Waals surface area contributed by atoms with Crippen molar-refractivity contribution in [3.8, 4) is 0 Å². The smallest absolute Gasteiger partial charge is 0.327 e. The lowest BCUT2D eigenvalue weighted by Gasteiger charge is -2.19. The van der Waals surface area contributed by atoms with Gasteiger partial charge in [-0.05, 0) is 24.7 Å². The first-order valence-corrected chi connectivity index (χ1v) is 5.00. The molecule has 1 unspecified atom stereocenters. The molecule has 0 radical (unpaired) electrons. The van der Waals surface area contributed by atoms with Crippen LogP contribution in [-0.4, -0.2) is 36.8 Å². The molecule has 2 fully saturated rings. The fraction of sp³-hybridized carbons (Fsp3) is 1.00. The number of nitrogens with two attached hydrogens (primary N) is 1. The molecule has 6 heteroatoms. The van der Waals surface area contributed by atoms with E-state index in [9.17, 15) is 13.2 Å². The highest BCUT2D eigenvalue weighted by molar-refractivity contribution is 5.85. The quantitative estimate of drug-likeness (QED) is 0.760. The van der Waals surface area contributed by atoms with Crippen molar-refractivity contribution in [2.24, 2.45) is 17.6 Å². The molecule has 2 rings (SSSR count). The second-order valence-corrected chi connectivity index (χ2v) is 4.47. The highest BCUT2D eigenvalue weighted by atomic mass is 35.5. The molecule has 1 saturated carbocycles. The van der Waals surface area contributed by atoms with Crippen molar-refractivity contribution in [3.05, 3.63) is 0 Å². The van der Waals surface area contributed by atoms with E-state index in [1.807, 2.05) is 0 Å². The number of hydrogen-bond acceptors (Lipinski definition) is 2. The normalized spacial score (nSPS) is 36.4. The molecular weight excluding hydrogens is 229 g/mol. The van der Waals surface area contributed by atoms with E-state index in [0.717, 1.165) is 12.8 Å². The van der Waals surface area contributed by atoms with Crippen LogP contribution >= 0.6 is 12.4 Å². The summed E-state index contributed by atoms with van der Waals surface area (Å²) in [6, 6.07) is 0.123. The minimum atomic E-state index is -4.07. The molecule has 1 saturated heterocycles. The Labute approximate surface area is 93.4 Å². The lowest BCUT2D eigenvalue weighted by molar-refractivity contribution is -0.144. The Morgan fingerprint density at radius 3 is 2.40 bits per heavy atom. The molecule has 90 valence electrons. The van der Waals surface area contributed by atoms with Gasteiger partial charge < -0.3 is 5.73 Å². The van der Waals surface area contributed by atoms with Gasteiger partial charge in [0.05, 0.1) is 6.54 Å². The monoisotopic (exact) mass is 244 g/mol. The molecule has 2 N–H and O–H groups in total. The zero-order chi connectivity index (χ0) is 10.3. The molecule has 15 heavy (non-hydrogen) atoms. The van der Waals surface area contributed by atoms with Crippen LogP contribution in [0.1, 0.15) is 12.8 Å². The van der Waals surface area contributed by atoms with Crippen LogP contribution in [0.25, 0.3) is 0 Å². The number of fused-ring (bicyclic) bond motifs is 1. The van der Waals surface area contributed by atoms with Crippen LogP contribution in [0.15, 0.2) is 0 Å². The van der Waals surface area contributed by atoms with Crippen LogP contribution in [0.3, 0.4) is 0 Å². The van der Waals surface area contributed by atoms with E-state index < -0.39 is 12.7 Å². The van der Waals surface area contributed by atoms with Crippen molar-refractivity contribution < 1.29 is 13.2 Å². The van der Waals surface area contributed by atoms with Crippen molar-refractivity contribution in [2.45, 2.75) is 25.1 Å². The van der Waals surface area contributed by atoms with Crippen molar-refractivity contribution in [1.29, 1.82) is 0 Å². The largest absolute Gasteiger partial charge is 0.401 e. The van der Waals surface area contributed by atoms with Gasteiger partial charge in [0.1, 0.15) is 0 Å². The summed E-state index contributed by atoms with van der Waals surface area (Å²) in [5.74, 6) is 0.713. The van der Waals surface area contributed by atoms with Crippen LogP contribution in [0.2, 0.25) is 0 Å². The van der Waals surface area contributed by atoms with E-state index in [1.165, 1.54) is 4.90 Å². The van der Waals surface area contributed by atoms with Gasteiger partial charge in [-0.2, -0.15) is 13.2 Å². The number of alkyl halides is 3. The van der Waals surface area contributed by atoms with Crippen molar-refractivity contribution in [3.63, 3.8) is 0 Å². The Bertz CT molecular complexity index is 222. The van der Waals surface area contributed by atoms with Crippen LogP contribution in [0.4, 0.5) is 13.2 Å². The average molecular weight is 245 g/mol. The SMILES string of the molecule is Cl.NC1CC[C@H]2CN(CC(F)(F)F)C[C@@H]12. The van der Waals surface area contributed by atoms with Gasteiger partial charge in [-0.15, -0.1) is 12.4 Å². The van der Waals surface area contributed by atoms with E-state index in [0.29, 0.717) is 24.9 Å². The van der Waals surface area contributed by atoms with Gasteiger partial charge in [0.15, 0.2) is 0 Å². The third kappa shape index (κ3) is 2.98. The van der Waals surface area contributed by atoms with E-state index in [-0.39, 0.29) is 18.4 Å². The highest BCUT2D eigenvalue weighted by Gasteiger charge is 2.43. The Morgan fingerprint density at radius 1 is 1.20 bits per heavy atom. The van der Waals surface area contributed by atoms with Gasteiger partial charge in [0.25, 0.3) is 0 Å². The molecule has 3 atom stereocenters. The molecule has 1 aliphatic carbocycles. The van der Waals surface area contributed by atoms with Gasteiger partial charge in [-0.1, -0.05) is 0 Å². The maximum atomic E-state index is 12.1. The van der Waals surface area contributed by atoms with Gasteiger partial charge in [0, 0.05) is 19.1 Å². The molecule has 0 aromatic carbocycles. The zero-order valence-corrected chi connectivity index (χ0v) is 9.15. The maximum absolute atomic E-state index is 12.1. The van der Waals surface area contributed by atoms with Gasteiger partial charge in [0.2, 0.25) is 0 Å². The summed E-state index contributed by atoms with van der Waals surface area (Å²) in [5, 5.41) is 0. The molecule has 0 bridgehead atoms. The molecule has 0 amide bonds. The summed E-state index contributed by atoms with van der Waals surface area (Å²) in [4.78, 5) is 1.49. The molecule has 0 aromatic heterocycles. The summed E-state index contributed by atoms with van der Waals surface area (Å²) in [6.07, 6.45) is -2.09. The summed E-state index contributed by atoms with van der Waals surface area (Å²) >= 11 is 0. The molecule has 1 aliphatic heterocycles. The van der Waals surface area contributed by atoms with E-state index >= 15 is 0 Å². The van der Waals surface area contributed by atoms with E-state index in [2.05, 4.69) is 0 Å². The van der Waals surface area contributed by atoms with Gasteiger partial charge in [-0.3, -0.25) is 4.90 Å². The average Bonchev–Trinajstić information content (AvgIpc) is 2.51. The second-order valence-electron chi connectivity index (χ2n) is 4.47. The van der Waals surface area contributed by atoms with Crippen molar-refractivity contribution in [1.82, 2.24) is 4.90 Å². The minimum Gasteiger partial charge on any atom is -0.327 e. The second kappa shape index (κ2) is 4.47. The topological polar surface area (TPSA) is 29.3 Å². The first kappa shape index (κ1) is 13.1. The summed E-state index contributed by atoms with van der Waals surface area (Å²) in [6.45, 7) is 0.343. The predicted molar refractivity (Wildman–Crippen MR) is 53.9 cm³/mol. The lowest BCUT2D eigenvalue weighted by atomic mass is 9.98.